The molecule has 138 valence electrons. The van der Waals surface area contributed by atoms with Crippen LogP contribution in [0.4, 0.5) is 5.69 Å². The first-order chi connectivity index (χ1) is 12.4. The lowest BCUT2D eigenvalue weighted by atomic mass is 9.87. The van der Waals surface area contributed by atoms with Gasteiger partial charge in [-0.15, -0.1) is 11.3 Å². The monoisotopic (exact) mass is 392 g/mol. The number of hydrogen-bond acceptors (Lipinski definition) is 4. The zero-order valence-electron chi connectivity index (χ0n) is 15.0. The summed E-state index contributed by atoms with van der Waals surface area (Å²) in [5.74, 6) is 0.450. The molecular formula is C19H21ClN2O3S. The van der Waals surface area contributed by atoms with Crippen LogP contribution in [-0.4, -0.2) is 37.9 Å². The second-order valence-electron chi connectivity index (χ2n) is 6.54. The Kier molecular flexibility index (Phi) is 5.53. The number of methoxy groups -OCH3 is 1. The van der Waals surface area contributed by atoms with Crippen LogP contribution in [0.2, 0.25) is 5.02 Å². The van der Waals surface area contributed by atoms with Crippen molar-refractivity contribution in [2.45, 2.75) is 19.3 Å². The highest BCUT2D eigenvalue weighted by atomic mass is 35.5. The van der Waals surface area contributed by atoms with E-state index in [1.165, 1.54) is 4.88 Å². The molecule has 1 aliphatic rings. The number of carbonyl (C=O) groups excluding carboxylic acids is 2. The van der Waals surface area contributed by atoms with Gasteiger partial charge in [0, 0.05) is 30.6 Å². The van der Waals surface area contributed by atoms with Crippen molar-refractivity contribution in [3.63, 3.8) is 0 Å². The van der Waals surface area contributed by atoms with Gasteiger partial charge in [-0.25, -0.2) is 0 Å². The van der Waals surface area contributed by atoms with Crippen molar-refractivity contribution in [2.75, 3.05) is 26.5 Å². The lowest BCUT2D eigenvalue weighted by Gasteiger charge is -2.21. The third-order valence-corrected chi connectivity index (χ3v) is 6.01. The number of amides is 2. The van der Waals surface area contributed by atoms with Crippen molar-refractivity contribution in [3.05, 3.63) is 44.6 Å². The minimum atomic E-state index is -0.111. The fourth-order valence-electron chi connectivity index (χ4n) is 3.06. The predicted molar refractivity (Wildman–Crippen MR) is 104 cm³/mol. The SMILES string of the molecule is COc1ccc(NC(=O)C2CCc3sc(C(=O)N(C)C)cc3C2)cc1Cl. The summed E-state index contributed by atoms with van der Waals surface area (Å²) in [6, 6.07) is 7.13. The van der Waals surface area contributed by atoms with Crippen molar-refractivity contribution >= 4 is 40.4 Å². The van der Waals surface area contributed by atoms with Crippen molar-refractivity contribution in [1.29, 1.82) is 0 Å². The van der Waals surface area contributed by atoms with Gasteiger partial charge in [0.15, 0.2) is 0 Å². The van der Waals surface area contributed by atoms with E-state index in [2.05, 4.69) is 5.32 Å². The number of rotatable bonds is 4. The van der Waals surface area contributed by atoms with Crippen molar-refractivity contribution in [3.8, 4) is 5.75 Å². The summed E-state index contributed by atoms with van der Waals surface area (Å²) in [4.78, 5) is 28.3. The highest BCUT2D eigenvalue weighted by Gasteiger charge is 2.28. The molecule has 0 bridgehead atoms. The number of anilines is 1. The van der Waals surface area contributed by atoms with Gasteiger partial charge in [0.1, 0.15) is 5.75 Å². The summed E-state index contributed by atoms with van der Waals surface area (Å²) in [6.45, 7) is 0. The first-order valence-electron chi connectivity index (χ1n) is 8.36. The maximum Gasteiger partial charge on any atom is 0.263 e. The Hall–Kier alpha value is -2.05. The third kappa shape index (κ3) is 3.86. The molecule has 0 aliphatic heterocycles. The van der Waals surface area contributed by atoms with Gasteiger partial charge in [-0.1, -0.05) is 11.6 Å². The van der Waals surface area contributed by atoms with Gasteiger partial charge in [-0.05, 0) is 49.1 Å². The average molecular weight is 393 g/mol. The Morgan fingerprint density at radius 1 is 1.31 bits per heavy atom. The third-order valence-electron chi connectivity index (χ3n) is 4.49. The highest BCUT2D eigenvalue weighted by molar-refractivity contribution is 7.14. The normalized spacial score (nSPS) is 15.9. The van der Waals surface area contributed by atoms with Gasteiger partial charge < -0.3 is 15.0 Å². The van der Waals surface area contributed by atoms with E-state index in [1.807, 2.05) is 6.07 Å². The molecule has 1 N–H and O–H groups in total. The summed E-state index contributed by atoms with van der Waals surface area (Å²) in [6.07, 6.45) is 2.25. The summed E-state index contributed by atoms with van der Waals surface area (Å²) < 4.78 is 5.12. The number of benzene rings is 1. The quantitative estimate of drug-likeness (QED) is 0.859. The molecule has 0 radical (unpaired) electrons. The number of thiophene rings is 1. The molecule has 0 saturated carbocycles. The van der Waals surface area contributed by atoms with Crippen LogP contribution in [0.5, 0.6) is 5.75 Å². The van der Waals surface area contributed by atoms with E-state index < -0.39 is 0 Å². The Morgan fingerprint density at radius 3 is 2.73 bits per heavy atom. The second-order valence-corrected chi connectivity index (χ2v) is 8.08. The van der Waals surface area contributed by atoms with Gasteiger partial charge in [-0.3, -0.25) is 9.59 Å². The Labute approximate surface area is 161 Å². The zero-order chi connectivity index (χ0) is 18.8. The Bertz CT molecular complexity index is 847. The molecule has 7 heteroatoms. The minimum absolute atomic E-state index is 0.0123. The van der Waals surface area contributed by atoms with E-state index in [9.17, 15) is 9.59 Å². The molecule has 2 amide bonds. The highest BCUT2D eigenvalue weighted by Crippen LogP contribution is 2.34. The van der Waals surface area contributed by atoms with E-state index in [-0.39, 0.29) is 17.7 Å². The number of nitrogens with zero attached hydrogens (tertiary/aromatic N) is 1. The number of aryl methyl sites for hydroxylation is 1. The number of fused-ring (bicyclic) bond motifs is 1. The summed E-state index contributed by atoms with van der Waals surface area (Å²) >= 11 is 7.65. The molecule has 2 aromatic rings. The number of nitrogens with one attached hydrogen (secondary N) is 1. The topological polar surface area (TPSA) is 58.6 Å². The van der Waals surface area contributed by atoms with Crippen LogP contribution in [0, 0.1) is 5.92 Å². The average Bonchev–Trinajstić information content (AvgIpc) is 3.04. The van der Waals surface area contributed by atoms with Gasteiger partial charge in [0.25, 0.3) is 5.91 Å². The van der Waals surface area contributed by atoms with Crippen LogP contribution in [0.15, 0.2) is 24.3 Å². The molecule has 5 nitrogen and oxygen atoms in total. The van der Waals surface area contributed by atoms with Gasteiger partial charge >= 0.3 is 0 Å². The van der Waals surface area contributed by atoms with Crippen LogP contribution < -0.4 is 10.1 Å². The molecule has 26 heavy (non-hydrogen) atoms. The lowest BCUT2D eigenvalue weighted by Crippen LogP contribution is -2.27. The zero-order valence-corrected chi connectivity index (χ0v) is 16.5. The molecule has 0 fully saturated rings. The van der Waals surface area contributed by atoms with Crippen molar-refractivity contribution < 1.29 is 14.3 Å². The maximum atomic E-state index is 12.6. The van der Waals surface area contributed by atoms with E-state index in [1.54, 1.807) is 55.6 Å². The molecule has 1 aliphatic carbocycles. The summed E-state index contributed by atoms with van der Waals surface area (Å²) in [5.41, 5.74) is 1.76. The minimum Gasteiger partial charge on any atom is -0.495 e. The molecule has 3 rings (SSSR count). The van der Waals surface area contributed by atoms with Gasteiger partial charge in [-0.2, -0.15) is 0 Å². The molecule has 1 aromatic heterocycles. The molecule has 0 saturated heterocycles. The Balaban J connectivity index is 1.69. The number of ether oxygens (including phenoxy) is 1. The first kappa shape index (κ1) is 18.7. The summed E-state index contributed by atoms with van der Waals surface area (Å²) in [7, 11) is 5.05. The lowest BCUT2D eigenvalue weighted by molar-refractivity contribution is -0.120. The van der Waals surface area contributed by atoms with E-state index in [4.69, 9.17) is 16.3 Å². The van der Waals surface area contributed by atoms with Crippen LogP contribution >= 0.6 is 22.9 Å². The molecule has 1 aromatic carbocycles. The smallest absolute Gasteiger partial charge is 0.263 e. The molecule has 1 atom stereocenters. The molecule has 1 unspecified atom stereocenters. The van der Waals surface area contributed by atoms with Crippen LogP contribution in [0.25, 0.3) is 0 Å². The summed E-state index contributed by atoms with van der Waals surface area (Å²) in [5, 5.41) is 3.39. The van der Waals surface area contributed by atoms with Gasteiger partial charge in [0.05, 0.1) is 17.0 Å². The Morgan fingerprint density at radius 2 is 2.08 bits per heavy atom. The molecule has 0 spiro atoms. The van der Waals surface area contributed by atoms with Crippen LogP contribution in [-0.2, 0) is 17.6 Å². The van der Waals surface area contributed by atoms with Crippen molar-refractivity contribution in [1.82, 2.24) is 4.90 Å². The van der Waals surface area contributed by atoms with Gasteiger partial charge in [0.2, 0.25) is 5.91 Å². The number of hydrogen-bond donors (Lipinski definition) is 1. The van der Waals surface area contributed by atoms with Crippen molar-refractivity contribution in [2.24, 2.45) is 5.92 Å². The molecular weight excluding hydrogens is 372 g/mol. The van der Waals surface area contributed by atoms with Crippen LogP contribution in [0.3, 0.4) is 0 Å². The first-order valence-corrected chi connectivity index (χ1v) is 9.56. The number of halogens is 1. The second kappa shape index (κ2) is 7.68. The van der Waals surface area contributed by atoms with E-state index in [0.717, 1.165) is 23.3 Å². The van der Waals surface area contributed by atoms with E-state index in [0.29, 0.717) is 22.9 Å². The standard InChI is InChI=1S/C19H21ClN2O3S/c1-22(2)19(24)17-9-12-8-11(4-7-16(12)26-17)18(23)21-13-5-6-15(25-3)14(20)10-13/h5-6,9-11H,4,7-8H2,1-3H3,(H,21,23). The maximum absolute atomic E-state index is 12.6. The molecule has 1 heterocycles. The number of carbonyl (C=O) groups is 2. The largest absolute Gasteiger partial charge is 0.495 e. The predicted octanol–water partition coefficient (Wildman–Crippen LogP) is 3.86. The van der Waals surface area contributed by atoms with Crippen LogP contribution in [0.1, 0.15) is 26.5 Å². The fourth-order valence-corrected chi connectivity index (χ4v) is 4.55. The van der Waals surface area contributed by atoms with E-state index >= 15 is 0 Å². The fraction of sp³-hybridized carbons (Fsp3) is 0.368.